The SMILES string of the molecule is O=C(NC1CCCC1)C(Cc1ccccc1)N(Cc1ccccc1)C(=O)CN(c1cc(Cl)ccc1Cl)S(=O)(=O)c1ccccc1. The molecule has 5 rings (SSSR count). The number of benzene rings is 4. The number of sulfonamides is 1. The molecular formula is C35H35Cl2N3O4S. The van der Waals surface area contributed by atoms with Crippen LogP contribution in [-0.2, 0) is 32.6 Å². The fourth-order valence-electron chi connectivity index (χ4n) is 5.61. The number of hydrogen-bond acceptors (Lipinski definition) is 4. The minimum Gasteiger partial charge on any atom is -0.352 e. The van der Waals surface area contributed by atoms with Crippen molar-refractivity contribution in [3.8, 4) is 0 Å². The van der Waals surface area contributed by atoms with Crippen molar-refractivity contribution in [3.63, 3.8) is 0 Å². The Balaban J connectivity index is 1.57. The number of halogens is 2. The van der Waals surface area contributed by atoms with Crippen LogP contribution in [0.2, 0.25) is 10.0 Å². The second kappa shape index (κ2) is 15.0. The number of carbonyl (C=O) groups is 2. The maximum atomic E-state index is 14.5. The van der Waals surface area contributed by atoms with Crippen LogP contribution in [-0.4, -0.2) is 43.8 Å². The minimum absolute atomic E-state index is 0.0109. The summed E-state index contributed by atoms with van der Waals surface area (Å²) in [7, 11) is -4.28. The highest BCUT2D eigenvalue weighted by molar-refractivity contribution is 7.92. The summed E-state index contributed by atoms with van der Waals surface area (Å²) in [5.74, 6) is -0.829. The normalized spacial score (nSPS) is 14.1. The minimum atomic E-state index is -4.28. The molecule has 1 N–H and O–H groups in total. The smallest absolute Gasteiger partial charge is 0.264 e. The zero-order valence-electron chi connectivity index (χ0n) is 24.7. The van der Waals surface area contributed by atoms with Crippen LogP contribution < -0.4 is 9.62 Å². The first-order valence-electron chi connectivity index (χ1n) is 14.9. The molecule has 0 aromatic heterocycles. The monoisotopic (exact) mass is 663 g/mol. The predicted molar refractivity (Wildman–Crippen MR) is 179 cm³/mol. The Bertz CT molecular complexity index is 1700. The van der Waals surface area contributed by atoms with Crippen molar-refractivity contribution in [1.82, 2.24) is 10.2 Å². The second-order valence-corrected chi connectivity index (χ2v) is 13.8. The summed E-state index contributed by atoms with van der Waals surface area (Å²) >= 11 is 12.8. The molecule has 0 saturated heterocycles. The topological polar surface area (TPSA) is 86.8 Å². The molecule has 0 bridgehead atoms. The third kappa shape index (κ3) is 8.25. The van der Waals surface area contributed by atoms with E-state index in [1.54, 1.807) is 24.3 Å². The van der Waals surface area contributed by atoms with Gasteiger partial charge in [-0.05, 0) is 54.3 Å². The zero-order valence-corrected chi connectivity index (χ0v) is 27.0. The van der Waals surface area contributed by atoms with Crippen molar-refractivity contribution >= 4 is 50.7 Å². The largest absolute Gasteiger partial charge is 0.352 e. The molecule has 10 heteroatoms. The summed E-state index contributed by atoms with van der Waals surface area (Å²) < 4.78 is 29.2. The molecular weight excluding hydrogens is 629 g/mol. The lowest BCUT2D eigenvalue weighted by Gasteiger charge is -2.34. The van der Waals surface area contributed by atoms with E-state index in [9.17, 15) is 18.0 Å². The Kier molecular flexibility index (Phi) is 10.8. The molecule has 4 aromatic carbocycles. The van der Waals surface area contributed by atoms with Gasteiger partial charge in [0.25, 0.3) is 10.0 Å². The van der Waals surface area contributed by atoms with Gasteiger partial charge in [0.1, 0.15) is 12.6 Å². The van der Waals surface area contributed by atoms with Crippen molar-refractivity contribution in [1.29, 1.82) is 0 Å². The van der Waals surface area contributed by atoms with Crippen molar-refractivity contribution in [3.05, 3.63) is 130 Å². The number of hydrogen-bond donors (Lipinski definition) is 1. The van der Waals surface area contributed by atoms with Gasteiger partial charge in [0.05, 0.1) is 15.6 Å². The van der Waals surface area contributed by atoms with Crippen LogP contribution in [0.4, 0.5) is 5.69 Å². The summed E-state index contributed by atoms with van der Waals surface area (Å²) in [5, 5.41) is 3.55. The lowest BCUT2D eigenvalue weighted by molar-refractivity contribution is -0.140. The third-order valence-electron chi connectivity index (χ3n) is 7.96. The maximum absolute atomic E-state index is 14.5. The summed E-state index contributed by atoms with van der Waals surface area (Å²) in [5.41, 5.74) is 1.74. The molecule has 0 radical (unpaired) electrons. The molecule has 0 spiro atoms. The average molecular weight is 665 g/mol. The van der Waals surface area contributed by atoms with Crippen molar-refractivity contribution in [2.24, 2.45) is 0 Å². The zero-order chi connectivity index (χ0) is 31.8. The summed E-state index contributed by atoms with van der Waals surface area (Å²) in [6, 6.07) is 30.3. The molecule has 0 heterocycles. The first-order chi connectivity index (χ1) is 21.7. The van der Waals surface area contributed by atoms with E-state index in [1.165, 1.54) is 29.2 Å². The van der Waals surface area contributed by atoms with E-state index in [1.807, 2.05) is 60.7 Å². The van der Waals surface area contributed by atoms with Crippen molar-refractivity contribution in [2.75, 3.05) is 10.8 Å². The standard InChI is InChI=1S/C35H35Cl2N3O4S/c36-28-20-21-31(37)32(23-28)40(45(43,44)30-18-8-3-9-19-30)25-34(41)39(24-27-14-6-2-7-15-27)33(22-26-12-4-1-5-13-26)35(42)38-29-16-10-11-17-29/h1-9,12-15,18-21,23,29,33H,10-11,16-17,22,24-25H2,(H,38,42). The number of rotatable bonds is 12. The van der Waals surface area contributed by atoms with Gasteiger partial charge >= 0.3 is 0 Å². The van der Waals surface area contributed by atoms with Gasteiger partial charge in [0.2, 0.25) is 11.8 Å². The van der Waals surface area contributed by atoms with Crippen LogP contribution in [0, 0.1) is 0 Å². The first-order valence-corrected chi connectivity index (χ1v) is 17.1. The Labute approximate surface area is 274 Å². The van der Waals surface area contributed by atoms with Gasteiger partial charge in [-0.1, -0.05) is 115 Å². The third-order valence-corrected chi connectivity index (χ3v) is 10.3. The molecule has 1 saturated carbocycles. The lowest BCUT2D eigenvalue weighted by atomic mass is 10.0. The van der Waals surface area contributed by atoms with Crippen molar-refractivity contribution in [2.45, 2.75) is 55.6 Å². The molecule has 1 unspecified atom stereocenters. The van der Waals surface area contributed by atoms with Gasteiger partial charge in [0, 0.05) is 24.0 Å². The highest BCUT2D eigenvalue weighted by Gasteiger charge is 2.36. The number of nitrogens with one attached hydrogen (secondary N) is 1. The van der Waals surface area contributed by atoms with Gasteiger partial charge in [-0.15, -0.1) is 0 Å². The molecule has 1 aliphatic rings. The lowest BCUT2D eigenvalue weighted by Crippen LogP contribution is -2.54. The van der Waals surface area contributed by atoms with Crippen LogP contribution in [0.25, 0.3) is 0 Å². The van der Waals surface area contributed by atoms with Crippen LogP contribution in [0.3, 0.4) is 0 Å². The van der Waals surface area contributed by atoms with Gasteiger partial charge in [0.15, 0.2) is 0 Å². The Hall–Kier alpha value is -3.85. The maximum Gasteiger partial charge on any atom is 0.264 e. The van der Waals surface area contributed by atoms with Gasteiger partial charge < -0.3 is 10.2 Å². The van der Waals surface area contributed by atoms with E-state index >= 15 is 0 Å². The van der Waals surface area contributed by atoms with E-state index in [0.29, 0.717) is 0 Å². The molecule has 1 atom stereocenters. The first kappa shape index (κ1) is 32.5. The molecule has 45 heavy (non-hydrogen) atoms. The quantitative estimate of drug-likeness (QED) is 0.179. The van der Waals surface area contributed by atoms with E-state index < -0.39 is 28.5 Å². The number of carbonyl (C=O) groups excluding carboxylic acids is 2. The van der Waals surface area contributed by atoms with Crippen LogP contribution in [0.5, 0.6) is 0 Å². The van der Waals surface area contributed by atoms with E-state index in [-0.39, 0.29) is 45.5 Å². The van der Waals surface area contributed by atoms with E-state index in [0.717, 1.165) is 41.1 Å². The second-order valence-electron chi connectivity index (χ2n) is 11.1. The number of amides is 2. The Morgan fingerprint density at radius 2 is 1.38 bits per heavy atom. The number of nitrogens with zero attached hydrogens (tertiary/aromatic N) is 2. The van der Waals surface area contributed by atoms with E-state index in [2.05, 4.69) is 5.32 Å². The van der Waals surface area contributed by atoms with Crippen LogP contribution in [0.15, 0.2) is 114 Å². The van der Waals surface area contributed by atoms with Crippen LogP contribution >= 0.6 is 23.2 Å². The van der Waals surface area contributed by atoms with Gasteiger partial charge in [-0.3, -0.25) is 13.9 Å². The molecule has 1 aliphatic carbocycles. The fraction of sp³-hybridized carbons (Fsp3) is 0.257. The molecule has 1 fully saturated rings. The summed E-state index contributed by atoms with van der Waals surface area (Å²) in [4.78, 5) is 30.1. The Morgan fingerprint density at radius 1 is 0.800 bits per heavy atom. The molecule has 2 amide bonds. The van der Waals surface area contributed by atoms with E-state index in [4.69, 9.17) is 23.2 Å². The highest BCUT2D eigenvalue weighted by atomic mass is 35.5. The van der Waals surface area contributed by atoms with Gasteiger partial charge in [-0.25, -0.2) is 8.42 Å². The summed E-state index contributed by atoms with van der Waals surface area (Å²) in [6.07, 6.45) is 4.09. The molecule has 7 nitrogen and oxygen atoms in total. The van der Waals surface area contributed by atoms with Crippen molar-refractivity contribution < 1.29 is 18.0 Å². The molecule has 4 aromatic rings. The molecule has 234 valence electrons. The highest BCUT2D eigenvalue weighted by Crippen LogP contribution is 2.33. The number of anilines is 1. The van der Waals surface area contributed by atoms with Gasteiger partial charge in [-0.2, -0.15) is 0 Å². The van der Waals surface area contributed by atoms with Crippen LogP contribution in [0.1, 0.15) is 36.8 Å². The molecule has 0 aliphatic heterocycles. The summed E-state index contributed by atoms with van der Waals surface area (Å²) in [6.45, 7) is -0.510. The average Bonchev–Trinajstić information content (AvgIpc) is 3.57. The predicted octanol–water partition coefficient (Wildman–Crippen LogP) is 6.89. The fourth-order valence-corrected chi connectivity index (χ4v) is 7.49. The Morgan fingerprint density at radius 3 is 2.00 bits per heavy atom.